The third-order valence-electron chi connectivity index (χ3n) is 7.88. The van der Waals surface area contributed by atoms with Gasteiger partial charge in [0.1, 0.15) is 5.82 Å². The highest BCUT2D eigenvalue weighted by molar-refractivity contribution is 5.96. The fourth-order valence-corrected chi connectivity index (χ4v) is 5.93. The maximum atomic E-state index is 14.1. The molecule has 3 aromatic heterocycles. The number of nitrogens with two attached hydrogens (primary N) is 1. The van der Waals surface area contributed by atoms with Crippen LogP contribution < -0.4 is 10.6 Å². The molecule has 2 unspecified atom stereocenters. The van der Waals surface area contributed by atoms with E-state index in [9.17, 15) is 9.18 Å². The Bertz CT molecular complexity index is 1530. The van der Waals surface area contributed by atoms with Gasteiger partial charge in [0.05, 0.1) is 17.4 Å². The number of aromatic nitrogens is 4. The van der Waals surface area contributed by atoms with Crippen LogP contribution in [0.15, 0.2) is 54.9 Å². The Morgan fingerprint density at radius 3 is 2.83 bits per heavy atom. The van der Waals surface area contributed by atoms with E-state index in [1.54, 1.807) is 16.6 Å². The van der Waals surface area contributed by atoms with Gasteiger partial charge >= 0.3 is 6.03 Å². The predicted octanol–water partition coefficient (Wildman–Crippen LogP) is 4.57. The molecule has 2 atom stereocenters. The number of hydrogen-bond acceptors (Lipinski definition) is 5. The number of benzene rings is 1. The molecule has 8 nitrogen and oxygen atoms in total. The van der Waals surface area contributed by atoms with Gasteiger partial charge in [-0.25, -0.2) is 13.7 Å². The van der Waals surface area contributed by atoms with E-state index in [2.05, 4.69) is 23.1 Å². The molecule has 9 heteroatoms. The molecule has 1 aromatic carbocycles. The Balaban J connectivity index is 1.26. The Morgan fingerprint density at radius 2 is 2.03 bits per heavy atom. The van der Waals surface area contributed by atoms with E-state index in [0.717, 1.165) is 47.3 Å². The number of urea groups is 1. The SMILES string of the molecule is CC1CC(c2cccc(F)c2)N(C(=O)N2CC3(CC3)c3ncc(-c4ccn5nc(N)nc5c4)cc32)C1. The first-order chi connectivity index (χ1) is 17.4. The number of anilines is 2. The van der Waals surface area contributed by atoms with Crippen molar-refractivity contribution >= 4 is 23.3 Å². The Labute approximate surface area is 207 Å². The average molecular weight is 484 g/mol. The third kappa shape index (κ3) is 3.26. The first-order valence-corrected chi connectivity index (χ1v) is 12.4. The lowest BCUT2D eigenvalue weighted by Gasteiger charge is -2.30. The maximum absolute atomic E-state index is 14.1. The molecule has 2 aliphatic heterocycles. The van der Waals surface area contributed by atoms with Crippen LogP contribution in [0, 0.1) is 11.7 Å². The summed E-state index contributed by atoms with van der Waals surface area (Å²) in [6, 6.07) is 12.4. The number of nitrogens with zero attached hydrogens (tertiary/aromatic N) is 6. The number of carbonyl (C=O) groups is 1. The first-order valence-electron chi connectivity index (χ1n) is 12.4. The first kappa shape index (κ1) is 21.3. The van der Waals surface area contributed by atoms with E-state index < -0.39 is 0 Å². The van der Waals surface area contributed by atoms with Crippen LogP contribution in [-0.2, 0) is 5.41 Å². The van der Waals surface area contributed by atoms with Crippen molar-refractivity contribution in [2.75, 3.05) is 23.7 Å². The minimum atomic E-state index is -0.275. The summed E-state index contributed by atoms with van der Waals surface area (Å²) in [5.74, 6) is 0.286. The van der Waals surface area contributed by atoms with Gasteiger partial charge < -0.3 is 10.6 Å². The Hall–Kier alpha value is -4.01. The third-order valence-corrected chi connectivity index (χ3v) is 7.88. The van der Waals surface area contributed by atoms with Crippen molar-refractivity contribution in [3.63, 3.8) is 0 Å². The van der Waals surface area contributed by atoms with E-state index in [1.165, 1.54) is 6.07 Å². The highest BCUT2D eigenvalue weighted by Gasteiger charge is 2.55. The van der Waals surface area contributed by atoms with Gasteiger partial charge in [-0.2, -0.15) is 4.98 Å². The van der Waals surface area contributed by atoms with E-state index in [4.69, 9.17) is 10.7 Å². The van der Waals surface area contributed by atoms with Crippen LogP contribution >= 0.6 is 0 Å². The van der Waals surface area contributed by atoms with Crippen molar-refractivity contribution in [1.82, 2.24) is 24.5 Å². The maximum Gasteiger partial charge on any atom is 0.325 e. The highest BCUT2D eigenvalue weighted by atomic mass is 19.1. The quantitative estimate of drug-likeness (QED) is 0.451. The molecule has 182 valence electrons. The fourth-order valence-electron chi connectivity index (χ4n) is 5.93. The van der Waals surface area contributed by atoms with E-state index in [0.29, 0.717) is 24.7 Å². The topological polar surface area (TPSA) is 92.7 Å². The lowest BCUT2D eigenvalue weighted by Crippen LogP contribution is -2.43. The summed E-state index contributed by atoms with van der Waals surface area (Å²) in [7, 11) is 0. The lowest BCUT2D eigenvalue weighted by molar-refractivity contribution is 0.199. The van der Waals surface area contributed by atoms with Gasteiger partial charge in [0.2, 0.25) is 5.95 Å². The Kier molecular flexibility index (Phi) is 4.43. The minimum absolute atomic E-state index is 0.0294. The molecule has 5 heterocycles. The van der Waals surface area contributed by atoms with Gasteiger partial charge in [0.15, 0.2) is 5.65 Å². The molecule has 4 aromatic rings. The average Bonchev–Trinajstić information content (AvgIpc) is 3.22. The molecule has 2 fully saturated rings. The summed E-state index contributed by atoms with van der Waals surface area (Å²) in [5, 5.41) is 4.14. The van der Waals surface area contributed by atoms with E-state index >= 15 is 0 Å². The van der Waals surface area contributed by atoms with Crippen molar-refractivity contribution in [2.45, 2.75) is 37.6 Å². The van der Waals surface area contributed by atoms with Crippen LogP contribution in [0.3, 0.4) is 0 Å². The Morgan fingerprint density at radius 1 is 1.17 bits per heavy atom. The zero-order chi connectivity index (χ0) is 24.6. The molecular formula is C27H26FN7O. The summed E-state index contributed by atoms with van der Waals surface area (Å²) in [6.07, 6.45) is 6.59. The van der Waals surface area contributed by atoms with Gasteiger partial charge in [-0.05, 0) is 66.6 Å². The summed E-state index contributed by atoms with van der Waals surface area (Å²) in [6.45, 7) is 3.43. The summed E-state index contributed by atoms with van der Waals surface area (Å²) >= 11 is 0. The zero-order valence-electron chi connectivity index (χ0n) is 19.9. The highest BCUT2D eigenvalue weighted by Crippen LogP contribution is 2.56. The molecule has 1 aliphatic carbocycles. The molecule has 0 radical (unpaired) electrons. The minimum Gasteiger partial charge on any atom is -0.366 e. The number of likely N-dealkylation sites (tertiary alicyclic amines) is 1. The number of hydrogen-bond donors (Lipinski definition) is 1. The molecule has 3 aliphatic rings. The van der Waals surface area contributed by atoms with Crippen molar-refractivity contribution < 1.29 is 9.18 Å². The van der Waals surface area contributed by atoms with Crippen molar-refractivity contribution in [1.29, 1.82) is 0 Å². The van der Waals surface area contributed by atoms with Gasteiger partial charge in [0.25, 0.3) is 0 Å². The number of rotatable bonds is 2. The van der Waals surface area contributed by atoms with Gasteiger partial charge in [-0.1, -0.05) is 19.1 Å². The molecule has 36 heavy (non-hydrogen) atoms. The second kappa shape index (κ2) is 7.49. The molecule has 7 rings (SSSR count). The molecule has 0 bridgehead atoms. The van der Waals surface area contributed by atoms with Gasteiger partial charge in [-0.15, -0.1) is 5.10 Å². The summed E-state index contributed by atoms with van der Waals surface area (Å²) in [5.41, 5.74) is 10.9. The van der Waals surface area contributed by atoms with Crippen LogP contribution in [0.5, 0.6) is 0 Å². The number of amides is 2. The smallest absolute Gasteiger partial charge is 0.325 e. The van der Waals surface area contributed by atoms with Crippen LogP contribution in [0.25, 0.3) is 16.8 Å². The number of fused-ring (bicyclic) bond motifs is 3. The predicted molar refractivity (Wildman–Crippen MR) is 134 cm³/mol. The van der Waals surface area contributed by atoms with E-state index in [-0.39, 0.29) is 29.3 Å². The standard InChI is InChI=1S/C27H26FN7O/c1-16-9-21(18-3-2-4-20(28)10-18)33(14-16)26(36)34-15-27(6-7-27)24-22(34)11-19(13-30-24)17-5-8-35-23(12-17)31-25(29)32-35/h2-5,8,10-13,16,21H,6-7,9,14-15H2,1H3,(H2,29,32). The van der Waals surface area contributed by atoms with Crippen LogP contribution in [-0.4, -0.2) is 43.6 Å². The number of carbonyl (C=O) groups excluding carboxylic acids is 1. The van der Waals surface area contributed by atoms with Crippen LogP contribution in [0.2, 0.25) is 0 Å². The second-order valence-electron chi connectivity index (χ2n) is 10.5. The van der Waals surface area contributed by atoms with Crippen LogP contribution in [0.4, 0.5) is 20.8 Å². The molecule has 2 amide bonds. The van der Waals surface area contributed by atoms with Crippen LogP contribution in [0.1, 0.15) is 43.5 Å². The summed E-state index contributed by atoms with van der Waals surface area (Å²) in [4.78, 5) is 27.0. The molecule has 2 N–H and O–H groups in total. The monoisotopic (exact) mass is 483 g/mol. The number of pyridine rings is 2. The number of halogens is 1. The number of nitrogen functional groups attached to an aromatic ring is 1. The largest absolute Gasteiger partial charge is 0.366 e. The van der Waals surface area contributed by atoms with Crippen molar-refractivity contribution in [3.05, 3.63) is 71.9 Å². The molecular weight excluding hydrogens is 457 g/mol. The lowest BCUT2D eigenvalue weighted by atomic mass is 10.0. The fraction of sp³-hybridized carbons (Fsp3) is 0.333. The van der Waals surface area contributed by atoms with Gasteiger partial charge in [0, 0.05) is 36.5 Å². The molecule has 1 spiro atoms. The van der Waals surface area contributed by atoms with Crippen molar-refractivity contribution in [3.8, 4) is 11.1 Å². The second-order valence-corrected chi connectivity index (χ2v) is 10.5. The zero-order valence-corrected chi connectivity index (χ0v) is 19.9. The molecule has 1 saturated carbocycles. The van der Waals surface area contributed by atoms with Crippen molar-refractivity contribution in [2.24, 2.45) is 5.92 Å². The normalized spacial score (nSPS) is 21.9. The van der Waals surface area contributed by atoms with E-state index in [1.807, 2.05) is 40.4 Å². The molecule has 1 saturated heterocycles. The van der Waals surface area contributed by atoms with Gasteiger partial charge in [-0.3, -0.25) is 9.88 Å². The summed E-state index contributed by atoms with van der Waals surface area (Å²) < 4.78 is 15.7.